The lowest BCUT2D eigenvalue weighted by Crippen LogP contribution is -2.25. The zero-order valence-electron chi connectivity index (χ0n) is 16.9. The van der Waals surface area contributed by atoms with E-state index in [4.69, 9.17) is 4.74 Å². The number of rotatable bonds is 8. The van der Waals surface area contributed by atoms with E-state index in [1.165, 1.54) is 42.1 Å². The topological polar surface area (TPSA) is 124 Å². The molecule has 1 heterocycles. The number of Topliss-reactive ketones (excluding diaryl/α,β-unsaturated/α-hetero) is 1. The summed E-state index contributed by atoms with van der Waals surface area (Å²) in [7, 11) is -3.42. The Kier molecular flexibility index (Phi) is 6.50. The van der Waals surface area contributed by atoms with E-state index in [0.717, 1.165) is 6.26 Å². The molecule has 0 fully saturated rings. The quantitative estimate of drug-likeness (QED) is 0.417. The van der Waals surface area contributed by atoms with Gasteiger partial charge in [0.05, 0.1) is 30.9 Å². The van der Waals surface area contributed by atoms with Crippen molar-refractivity contribution in [3.8, 4) is 0 Å². The average molecular weight is 443 g/mol. The molecule has 0 aliphatic rings. The van der Waals surface area contributed by atoms with Crippen molar-refractivity contribution in [3.63, 3.8) is 0 Å². The second-order valence-electron chi connectivity index (χ2n) is 6.95. The Bertz CT molecular complexity index is 1280. The van der Waals surface area contributed by atoms with Gasteiger partial charge in [-0.3, -0.25) is 23.8 Å². The number of sulfonamides is 1. The van der Waals surface area contributed by atoms with Crippen molar-refractivity contribution in [3.05, 3.63) is 70.5 Å². The van der Waals surface area contributed by atoms with Crippen molar-refractivity contribution >= 4 is 38.4 Å². The van der Waals surface area contributed by atoms with E-state index < -0.39 is 27.9 Å². The molecule has 1 N–H and O–H groups in total. The fraction of sp³-hybridized carbons (Fsp3) is 0.238. The monoisotopic (exact) mass is 443 g/mol. The number of ketones is 1. The van der Waals surface area contributed by atoms with Gasteiger partial charge in [-0.2, -0.15) is 5.10 Å². The summed E-state index contributed by atoms with van der Waals surface area (Å²) < 4.78 is 31.6. The number of benzene rings is 2. The van der Waals surface area contributed by atoms with Crippen LogP contribution in [0.2, 0.25) is 0 Å². The Balaban J connectivity index is 1.60. The Hall–Kier alpha value is -3.53. The summed E-state index contributed by atoms with van der Waals surface area (Å²) in [5, 5.41) is 4.56. The molecule has 0 bridgehead atoms. The molecule has 0 aliphatic heterocycles. The highest BCUT2D eigenvalue weighted by molar-refractivity contribution is 7.92. The van der Waals surface area contributed by atoms with Crippen LogP contribution in [0.5, 0.6) is 0 Å². The molecule has 162 valence electrons. The lowest BCUT2D eigenvalue weighted by Gasteiger charge is -2.14. The molecule has 3 aromatic rings. The molecule has 0 aliphatic carbocycles. The van der Waals surface area contributed by atoms with Gasteiger partial charge in [0.15, 0.2) is 6.10 Å². The third kappa shape index (κ3) is 5.76. The number of hydrogen-bond donors (Lipinski definition) is 1. The molecular formula is C21H21N3O6S. The lowest BCUT2D eigenvalue weighted by molar-refractivity contribution is -0.146. The first kappa shape index (κ1) is 22.2. The summed E-state index contributed by atoms with van der Waals surface area (Å²) in [5.41, 5.74) is 1.01. The standard InChI is InChI=1S/C21H21N3O6S/c1-14(21(27)15-7-9-16(10-8-15)23-31(2,28)29)30-20(26)11-12-24-18-6-4-3-5-17(18)19(25)13-22-24/h3-10,13-14,23H,11-12H2,1-2H3/t14-/m0/s1. The number of esters is 1. The first-order valence-electron chi connectivity index (χ1n) is 9.40. The van der Waals surface area contributed by atoms with Crippen LogP contribution in [0.3, 0.4) is 0 Å². The number of para-hydroxylation sites is 1. The molecular weight excluding hydrogens is 422 g/mol. The van der Waals surface area contributed by atoms with Crippen molar-refractivity contribution in [2.45, 2.75) is 26.0 Å². The molecule has 0 saturated heterocycles. The van der Waals surface area contributed by atoms with Gasteiger partial charge in [-0.1, -0.05) is 12.1 Å². The summed E-state index contributed by atoms with van der Waals surface area (Å²) >= 11 is 0. The molecule has 31 heavy (non-hydrogen) atoms. The summed E-state index contributed by atoms with van der Waals surface area (Å²) in [6.45, 7) is 1.66. The minimum absolute atomic E-state index is 0.0330. The Labute approximate surface area is 178 Å². The summed E-state index contributed by atoms with van der Waals surface area (Å²) in [5.74, 6) is -0.994. The van der Waals surface area contributed by atoms with Gasteiger partial charge in [0.2, 0.25) is 21.2 Å². The number of carbonyl (C=O) groups is 2. The van der Waals surface area contributed by atoms with Crippen molar-refractivity contribution in [1.82, 2.24) is 9.78 Å². The molecule has 10 heteroatoms. The van der Waals surface area contributed by atoms with Gasteiger partial charge in [-0.05, 0) is 43.3 Å². The molecule has 0 amide bonds. The molecule has 0 saturated carbocycles. The molecule has 1 atom stereocenters. The number of aromatic nitrogens is 2. The van der Waals surface area contributed by atoms with Crippen LogP contribution in [0, 0.1) is 0 Å². The van der Waals surface area contributed by atoms with Gasteiger partial charge in [-0.15, -0.1) is 0 Å². The molecule has 0 radical (unpaired) electrons. The number of aryl methyl sites for hydroxylation is 1. The summed E-state index contributed by atoms with van der Waals surface area (Å²) in [4.78, 5) is 36.6. The predicted octanol–water partition coefficient (Wildman–Crippen LogP) is 1.97. The minimum atomic E-state index is -3.42. The SMILES string of the molecule is C[C@H](OC(=O)CCn1ncc(=O)c2ccccc21)C(=O)c1ccc(NS(C)(=O)=O)cc1. The van der Waals surface area contributed by atoms with Crippen LogP contribution in [-0.2, 0) is 26.1 Å². The predicted molar refractivity (Wildman–Crippen MR) is 115 cm³/mol. The van der Waals surface area contributed by atoms with Crippen molar-refractivity contribution in [1.29, 1.82) is 0 Å². The molecule has 3 rings (SSSR count). The van der Waals surface area contributed by atoms with Gasteiger partial charge >= 0.3 is 5.97 Å². The highest BCUT2D eigenvalue weighted by Crippen LogP contribution is 2.14. The van der Waals surface area contributed by atoms with Crippen molar-refractivity contribution < 1.29 is 22.7 Å². The van der Waals surface area contributed by atoms with Crippen LogP contribution < -0.4 is 10.2 Å². The first-order chi connectivity index (χ1) is 14.6. The Morgan fingerprint density at radius 1 is 1.13 bits per heavy atom. The third-order valence-electron chi connectivity index (χ3n) is 4.44. The van der Waals surface area contributed by atoms with Crippen LogP contribution in [0.4, 0.5) is 5.69 Å². The lowest BCUT2D eigenvalue weighted by atomic mass is 10.1. The van der Waals surface area contributed by atoms with Gasteiger partial charge in [0.25, 0.3) is 0 Å². The number of fused-ring (bicyclic) bond motifs is 1. The van der Waals surface area contributed by atoms with Gasteiger partial charge < -0.3 is 4.74 Å². The molecule has 2 aromatic carbocycles. The van der Waals surface area contributed by atoms with Crippen molar-refractivity contribution in [2.75, 3.05) is 11.0 Å². The number of nitrogens with zero attached hydrogens (tertiary/aromatic N) is 2. The number of anilines is 1. The van der Waals surface area contributed by atoms with E-state index in [2.05, 4.69) is 9.82 Å². The van der Waals surface area contributed by atoms with Crippen molar-refractivity contribution in [2.24, 2.45) is 0 Å². The van der Waals surface area contributed by atoms with Gasteiger partial charge in [-0.25, -0.2) is 8.42 Å². The van der Waals surface area contributed by atoms with Gasteiger partial charge in [0.1, 0.15) is 0 Å². The maximum atomic E-state index is 12.5. The van der Waals surface area contributed by atoms with E-state index in [9.17, 15) is 22.8 Å². The fourth-order valence-corrected chi connectivity index (χ4v) is 3.56. The molecule has 1 aromatic heterocycles. The van der Waals surface area contributed by atoms with E-state index in [0.29, 0.717) is 16.6 Å². The van der Waals surface area contributed by atoms with E-state index in [1.54, 1.807) is 24.3 Å². The smallest absolute Gasteiger partial charge is 0.308 e. The Morgan fingerprint density at radius 3 is 2.48 bits per heavy atom. The second kappa shape index (κ2) is 9.09. The number of carbonyl (C=O) groups excluding carboxylic acids is 2. The summed E-state index contributed by atoms with van der Waals surface area (Å²) in [6, 6.07) is 12.8. The Morgan fingerprint density at radius 2 is 1.81 bits per heavy atom. The van der Waals surface area contributed by atoms with Crippen LogP contribution in [-0.4, -0.2) is 42.3 Å². The molecule has 9 nitrogen and oxygen atoms in total. The molecule has 0 spiro atoms. The van der Waals surface area contributed by atoms with Crippen LogP contribution in [0.1, 0.15) is 23.7 Å². The zero-order valence-corrected chi connectivity index (χ0v) is 17.8. The van der Waals surface area contributed by atoms with Crippen LogP contribution in [0.15, 0.2) is 59.5 Å². The minimum Gasteiger partial charge on any atom is -0.454 e. The highest BCUT2D eigenvalue weighted by atomic mass is 32.2. The third-order valence-corrected chi connectivity index (χ3v) is 5.05. The zero-order chi connectivity index (χ0) is 22.6. The number of nitrogens with one attached hydrogen (secondary N) is 1. The van der Waals surface area contributed by atoms with Crippen LogP contribution in [0.25, 0.3) is 10.9 Å². The maximum absolute atomic E-state index is 12.5. The highest BCUT2D eigenvalue weighted by Gasteiger charge is 2.20. The second-order valence-corrected chi connectivity index (χ2v) is 8.70. The molecule has 0 unspecified atom stereocenters. The van der Waals surface area contributed by atoms with E-state index in [1.807, 2.05) is 0 Å². The average Bonchev–Trinajstić information content (AvgIpc) is 2.72. The van der Waals surface area contributed by atoms with Crippen LogP contribution >= 0.6 is 0 Å². The van der Waals surface area contributed by atoms with Gasteiger partial charge in [0, 0.05) is 16.6 Å². The number of hydrogen-bond acceptors (Lipinski definition) is 7. The number of ether oxygens (including phenoxy) is 1. The van der Waals surface area contributed by atoms with E-state index in [-0.39, 0.29) is 24.0 Å². The van der Waals surface area contributed by atoms with E-state index >= 15 is 0 Å². The largest absolute Gasteiger partial charge is 0.454 e. The first-order valence-corrected chi connectivity index (χ1v) is 11.3. The normalized spacial score (nSPS) is 12.3. The summed E-state index contributed by atoms with van der Waals surface area (Å²) in [6.07, 6.45) is 1.18. The maximum Gasteiger partial charge on any atom is 0.308 e. The fourth-order valence-electron chi connectivity index (χ4n) is 3.00.